The summed E-state index contributed by atoms with van der Waals surface area (Å²) in [7, 11) is 0. The molecular formula is C13H19NO4. The highest BCUT2D eigenvalue weighted by Crippen LogP contribution is 2.59. The van der Waals surface area contributed by atoms with Crippen molar-refractivity contribution in [3.8, 4) is 0 Å². The molecule has 100 valence electrons. The minimum absolute atomic E-state index is 0.00479. The molecular weight excluding hydrogens is 234 g/mol. The number of piperidine rings is 1. The van der Waals surface area contributed by atoms with Crippen LogP contribution >= 0.6 is 0 Å². The Balaban J connectivity index is 2.30. The van der Waals surface area contributed by atoms with Crippen molar-refractivity contribution in [1.82, 2.24) is 4.90 Å². The van der Waals surface area contributed by atoms with Crippen LogP contribution in [0.25, 0.3) is 0 Å². The van der Waals surface area contributed by atoms with Crippen molar-refractivity contribution in [2.75, 3.05) is 6.54 Å². The highest BCUT2D eigenvalue weighted by molar-refractivity contribution is 6.04. The molecule has 1 saturated heterocycles. The fourth-order valence-electron chi connectivity index (χ4n) is 3.32. The molecule has 1 saturated carbocycles. The molecule has 0 aromatic carbocycles. The second-order valence-electron chi connectivity index (χ2n) is 6.08. The van der Waals surface area contributed by atoms with Gasteiger partial charge < -0.3 is 5.11 Å². The molecule has 18 heavy (non-hydrogen) atoms. The van der Waals surface area contributed by atoms with Gasteiger partial charge in [0.25, 0.3) is 0 Å². The van der Waals surface area contributed by atoms with Crippen molar-refractivity contribution < 1.29 is 19.5 Å². The Morgan fingerprint density at radius 2 is 2.00 bits per heavy atom. The van der Waals surface area contributed by atoms with E-state index in [4.69, 9.17) is 5.11 Å². The Kier molecular flexibility index (Phi) is 2.76. The Morgan fingerprint density at radius 1 is 1.39 bits per heavy atom. The molecule has 0 aromatic rings. The first kappa shape index (κ1) is 13.1. The summed E-state index contributed by atoms with van der Waals surface area (Å²) in [5.41, 5.74) is -0.870. The predicted octanol–water partition coefficient (Wildman–Crippen LogP) is 1.27. The van der Waals surface area contributed by atoms with Gasteiger partial charge in [0, 0.05) is 12.5 Å². The molecule has 2 aliphatic rings. The van der Waals surface area contributed by atoms with Gasteiger partial charge in [-0.15, -0.1) is 0 Å². The van der Waals surface area contributed by atoms with Gasteiger partial charge >= 0.3 is 5.97 Å². The minimum Gasteiger partial charge on any atom is -0.481 e. The number of carbonyl (C=O) groups is 3. The van der Waals surface area contributed by atoms with Crippen LogP contribution in [0.5, 0.6) is 0 Å². The zero-order valence-corrected chi connectivity index (χ0v) is 11.0. The molecule has 0 radical (unpaired) electrons. The van der Waals surface area contributed by atoms with Crippen LogP contribution in [-0.4, -0.2) is 34.3 Å². The SMILES string of the molecule is CC1(C)[C@@H]2CC[C@]1(C)C(=O)N(CCC(=O)O)C2=O. The number of likely N-dealkylation sites (tertiary alicyclic amines) is 1. The molecule has 2 bridgehead atoms. The number of carboxylic acids is 1. The van der Waals surface area contributed by atoms with E-state index < -0.39 is 11.4 Å². The lowest BCUT2D eigenvalue weighted by Gasteiger charge is -2.47. The first-order valence-corrected chi connectivity index (χ1v) is 6.29. The van der Waals surface area contributed by atoms with Crippen LogP contribution in [0.15, 0.2) is 0 Å². The van der Waals surface area contributed by atoms with Crippen molar-refractivity contribution in [3.05, 3.63) is 0 Å². The Bertz CT molecular complexity index is 429. The summed E-state index contributed by atoms with van der Waals surface area (Å²) in [5.74, 6) is -1.54. The minimum atomic E-state index is -0.988. The van der Waals surface area contributed by atoms with E-state index in [0.717, 1.165) is 11.3 Å². The van der Waals surface area contributed by atoms with E-state index in [2.05, 4.69) is 0 Å². The molecule has 1 heterocycles. The van der Waals surface area contributed by atoms with Crippen LogP contribution in [0.3, 0.4) is 0 Å². The first-order valence-electron chi connectivity index (χ1n) is 6.29. The number of carboxylic acid groups (broad SMARTS) is 1. The lowest BCUT2D eigenvalue weighted by molar-refractivity contribution is -0.168. The van der Waals surface area contributed by atoms with Crippen LogP contribution in [-0.2, 0) is 14.4 Å². The number of nitrogens with zero attached hydrogens (tertiary/aromatic N) is 1. The van der Waals surface area contributed by atoms with Gasteiger partial charge in [-0.3, -0.25) is 19.3 Å². The molecule has 1 aliphatic heterocycles. The highest BCUT2D eigenvalue weighted by atomic mass is 16.4. The molecule has 1 aliphatic carbocycles. The van der Waals surface area contributed by atoms with Crippen molar-refractivity contribution in [2.24, 2.45) is 16.7 Å². The molecule has 0 spiro atoms. The smallest absolute Gasteiger partial charge is 0.305 e. The molecule has 1 N–H and O–H groups in total. The molecule has 2 amide bonds. The number of hydrogen-bond acceptors (Lipinski definition) is 3. The molecule has 5 nitrogen and oxygen atoms in total. The number of rotatable bonds is 3. The van der Waals surface area contributed by atoms with Crippen LogP contribution in [0.4, 0.5) is 0 Å². The van der Waals surface area contributed by atoms with E-state index in [1.165, 1.54) is 0 Å². The summed E-state index contributed by atoms with van der Waals surface area (Å²) in [5, 5.41) is 8.68. The summed E-state index contributed by atoms with van der Waals surface area (Å²) >= 11 is 0. The zero-order chi connectivity index (χ0) is 13.7. The van der Waals surface area contributed by atoms with Crippen molar-refractivity contribution in [1.29, 1.82) is 0 Å². The van der Waals surface area contributed by atoms with Gasteiger partial charge in [0.05, 0.1) is 11.8 Å². The second kappa shape index (κ2) is 3.80. The maximum Gasteiger partial charge on any atom is 0.305 e. The summed E-state index contributed by atoms with van der Waals surface area (Å²) in [6, 6.07) is 0. The largest absolute Gasteiger partial charge is 0.481 e. The van der Waals surface area contributed by atoms with E-state index >= 15 is 0 Å². The van der Waals surface area contributed by atoms with Crippen molar-refractivity contribution in [3.63, 3.8) is 0 Å². The van der Waals surface area contributed by atoms with Crippen molar-refractivity contribution in [2.45, 2.75) is 40.0 Å². The lowest BCUT2D eigenvalue weighted by Crippen LogP contribution is -2.59. The Morgan fingerprint density at radius 3 is 2.56 bits per heavy atom. The van der Waals surface area contributed by atoms with Gasteiger partial charge in [0.2, 0.25) is 11.8 Å². The normalized spacial score (nSPS) is 33.9. The van der Waals surface area contributed by atoms with Crippen LogP contribution < -0.4 is 0 Å². The maximum absolute atomic E-state index is 12.5. The zero-order valence-electron chi connectivity index (χ0n) is 11.0. The standard InChI is InChI=1S/C13H19NO4/c1-12(2)8-4-6-13(12,3)11(18)14(10(8)17)7-5-9(15)16/h8H,4-7H2,1-3H3,(H,15,16)/t8-,13-/m1/s1. The van der Waals surface area contributed by atoms with E-state index in [0.29, 0.717) is 6.42 Å². The van der Waals surface area contributed by atoms with Gasteiger partial charge in [-0.1, -0.05) is 20.8 Å². The third kappa shape index (κ3) is 1.49. The van der Waals surface area contributed by atoms with Gasteiger partial charge in [-0.25, -0.2) is 0 Å². The molecule has 5 heteroatoms. The third-order valence-electron chi connectivity index (χ3n) is 5.06. The average molecular weight is 253 g/mol. The molecule has 2 rings (SSSR count). The van der Waals surface area contributed by atoms with Gasteiger partial charge in [0.15, 0.2) is 0 Å². The molecule has 0 aromatic heterocycles. The highest BCUT2D eigenvalue weighted by Gasteiger charge is 2.64. The van der Waals surface area contributed by atoms with Crippen LogP contribution in [0, 0.1) is 16.7 Å². The summed E-state index contributed by atoms with van der Waals surface area (Å²) < 4.78 is 0. The molecule has 0 unspecified atom stereocenters. The fraction of sp³-hybridized carbons (Fsp3) is 0.769. The van der Waals surface area contributed by atoms with Crippen LogP contribution in [0.1, 0.15) is 40.0 Å². The maximum atomic E-state index is 12.5. The number of carbonyl (C=O) groups excluding carboxylic acids is 2. The van der Waals surface area contributed by atoms with Gasteiger partial charge in [-0.05, 0) is 18.3 Å². The van der Waals surface area contributed by atoms with Crippen LogP contribution in [0.2, 0.25) is 0 Å². The number of fused-ring (bicyclic) bond motifs is 2. The number of amides is 2. The Labute approximate surface area is 106 Å². The number of aliphatic carboxylic acids is 1. The lowest BCUT2D eigenvalue weighted by atomic mass is 9.62. The van der Waals surface area contributed by atoms with Crippen molar-refractivity contribution >= 4 is 17.8 Å². The van der Waals surface area contributed by atoms with E-state index in [9.17, 15) is 14.4 Å². The van der Waals surface area contributed by atoms with E-state index in [1.54, 1.807) is 0 Å². The van der Waals surface area contributed by atoms with E-state index in [1.807, 2.05) is 20.8 Å². The second-order valence-corrected chi connectivity index (χ2v) is 6.08. The molecule has 2 fully saturated rings. The summed E-state index contributed by atoms with van der Waals surface area (Å²) in [6.45, 7) is 5.83. The number of imide groups is 1. The van der Waals surface area contributed by atoms with Gasteiger partial charge in [-0.2, -0.15) is 0 Å². The quantitative estimate of drug-likeness (QED) is 0.769. The summed E-state index contributed by atoms with van der Waals surface area (Å²) in [4.78, 5) is 36.5. The fourth-order valence-corrected chi connectivity index (χ4v) is 3.32. The molecule has 2 atom stereocenters. The topological polar surface area (TPSA) is 74.7 Å². The van der Waals surface area contributed by atoms with Gasteiger partial charge in [0.1, 0.15) is 0 Å². The Hall–Kier alpha value is -1.39. The monoisotopic (exact) mass is 253 g/mol. The predicted molar refractivity (Wildman–Crippen MR) is 63.6 cm³/mol. The third-order valence-corrected chi connectivity index (χ3v) is 5.06. The summed E-state index contributed by atoms with van der Waals surface area (Å²) in [6.07, 6.45) is 1.25. The number of hydrogen-bond donors (Lipinski definition) is 1. The average Bonchev–Trinajstić information content (AvgIpc) is 2.44. The van der Waals surface area contributed by atoms with E-state index in [-0.39, 0.29) is 36.1 Å². The first-order chi connectivity index (χ1) is 8.22.